The summed E-state index contributed by atoms with van der Waals surface area (Å²) in [5.74, 6) is 0.505. The fraction of sp³-hybridized carbons (Fsp3) is 0.862. The number of aliphatic hydroxyl groups is 1. The molecule has 0 aromatic heterocycles. The number of carbonyl (C=O) groups is 2. The molecule has 5 aliphatic rings. The maximum absolute atomic E-state index is 14.0. The Morgan fingerprint density at radius 3 is 2.27 bits per heavy atom. The van der Waals surface area contributed by atoms with Gasteiger partial charge >= 0.3 is 5.97 Å². The van der Waals surface area contributed by atoms with Gasteiger partial charge in [0.25, 0.3) is 0 Å². The quantitative estimate of drug-likeness (QED) is 0.506. The number of aliphatic hydroxyl groups excluding tert-OH is 1. The molecule has 5 rings (SSSR count). The van der Waals surface area contributed by atoms with Crippen LogP contribution in [0.3, 0.4) is 0 Å². The molecule has 4 saturated carbocycles. The first-order chi connectivity index (χ1) is 15.2. The minimum Gasteiger partial charge on any atom is -0.481 e. The Kier molecular flexibility index (Phi) is 4.97. The van der Waals surface area contributed by atoms with E-state index < -0.39 is 11.4 Å². The van der Waals surface area contributed by atoms with E-state index in [4.69, 9.17) is 0 Å². The monoisotopic (exact) mass is 456 g/mol. The molecule has 0 aromatic carbocycles. The summed E-state index contributed by atoms with van der Waals surface area (Å²) in [5, 5.41) is 20.8. The summed E-state index contributed by atoms with van der Waals surface area (Å²) >= 11 is 0. The molecule has 4 nitrogen and oxygen atoms in total. The predicted octanol–water partition coefficient (Wildman–Crippen LogP) is 6.02. The van der Waals surface area contributed by atoms with Crippen molar-refractivity contribution in [2.45, 2.75) is 105 Å². The van der Waals surface area contributed by atoms with Gasteiger partial charge in [0, 0.05) is 5.92 Å². The van der Waals surface area contributed by atoms with Crippen LogP contribution in [0.5, 0.6) is 0 Å². The number of carboxylic acids is 1. The Balaban J connectivity index is 1.57. The molecule has 0 heterocycles. The second-order valence-corrected chi connectivity index (χ2v) is 14.3. The van der Waals surface area contributed by atoms with Crippen molar-refractivity contribution in [1.82, 2.24) is 0 Å². The highest BCUT2D eigenvalue weighted by molar-refractivity contribution is 5.95. The first-order valence-corrected chi connectivity index (χ1v) is 13.4. The zero-order valence-electron chi connectivity index (χ0n) is 21.5. The zero-order chi connectivity index (χ0) is 24.2. The first-order valence-electron chi connectivity index (χ1n) is 13.4. The summed E-state index contributed by atoms with van der Waals surface area (Å²) < 4.78 is 0. The van der Waals surface area contributed by atoms with Gasteiger partial charge in [-0.15, -0.1) is 0 Å². The third-order valence-corrected chi connectivity index (χ3v) is 12.3. The minimum atomic E-state index is -0.698. The molecule has 0 saturated heterocycles. The van der Waals surface area contributed by atoms with Gasteiger partial charge in [0.2, 0.25) is 0 Å². The Morgan fingerprint density at radius 1 is 0.939 bits per heavy atom. The van der Waals surface area contributed by atoms with Gasteiger partial charge in [0.05, 0.1) is 11.5 Å². The number of aliphatic carboxylic acids is 1. The van der Waals surface area contributed by atoms with Crippen LogP contribution in [0, 0.1) is 50.7 Å². The molecule has 4 heteroatoms. The molecule has 0 aliphatic heterocycles. The second-order valence-electron chi connectivity index (χ2n) is 14.3. The lowest BCUT2D eigenvalue weighted by molar-refractivity contribution is -0.177. The van der Waals surface area contributed by atoms with E-state index in [2.05, 4.69) is 34.6 Å². The van der Waals surface area contributed by atoms with Crippen LogP contribution in [0.4, 0.5) is 0 Å². The Labute approximate surface area is 199 Å². The summed E-state index contributed by atoms with van der Waals surface area (Å²) in [5.41, 5.74) is 0.430. The van der Waals surface area contributed by atoms with E-state index in [1.165, 1.54) is 5.57 Å². The summed E-state index contributed by atoms with van der Waals surface area (Å²) in [4.78, 5) is 26.2. The molecule has 5 aliphatic carbocycles. The van der Waals surface area contributed by atoms with Crippen LogP contribution < -0.4 is 0 Å². The molecule has 184 valence electrons. The molecule has 0 aromatic rings. The van der Waals surface area contributed by atoms with Crippen molar-refractivity contribution in [3.63, 3.8) is 0 Å². The average Bonchev–Trinajstić information content (AvgIpc) is 2.73. The zero-order valence-corrected chi connectivity index (χ0v) is 21.5. The van der Waals surface area contributed by atoms with Gasteiger partial charge < -0.3 is 10.2 Å². The number of ketones is 1. The Bertz CT molecular complexity index is 919. The maximum Gasteiger partial charge on any atom is 0.309 e. The molecule has 9 atom stereocenters. The van der Waals surface area contributed by atoms with Crippen molar-refractivity contribution in [2.24, 2.45) is 50.7 Å². The van der Waals surface area contributed by atoms with Gasteiger partial charge in [-0.05, 0) is 110 Å². The lowest BCUT2D eigenvalue weighted by Crippen LogP contribution is -2.62. The van der Waals surface area contributed by atoms with Crippen LogP contribution in [0.15, 0.2) is 11.6 Å². The minimum absolute atomic E-state index is 0.0201. The van der Waals surface area contributed by atoms with Crippen molar-refractivity contribution < 1.29 is 19.8 Å². The van der Waals surface area contributed by atoms with E-state index >= 15 is 0 Å². The van der Waals surface area contributed by atoms with Gasteiger partial charge in [0.15, 0.2) is 5.78 Å². The number of carbonyl (C=O) groups excluding carboxylic acids is 1. The van der Waals surface area contributed by atoms with E-state index in [1.54, 1.807) is 0 Å². The van der Waals surface area contributed by atoms with Crippen LogP contribution in [0.25, 0.3) is 0 Å². The number of rotatable bonds is 1. The molecular weight excluding hydrogens is 412 g/mol. The van der Waals surface area contributed by atoms with E-state index in [1.807, 2.05) is 13.0 Å². The molecule has 0 unspecified atom stereocenters. The van der Waals surface area contributed by atoms with Crippen LogP contribution in [-0.4, -0.2) is 28.1 Å². The predicted molar refractivity (Wildman–Crippen MR) is 128 cm³/mol. The molecule has 0 spiro atoms. The topological polar surface area (TPSA) is 74.6 Å². The second kappa shape index (κ2) is 6.95. The van der Waals surface area contributed by atoms with Gasteiger partial charge in [-0.1, -0.05) is 40.2 Å². The molecule has 0 amide bonds. The molecule has 0 radical (unpaired) electrons. The van der Waals surface area contributed by atoms with Crippen molar-refractivity contribution in [3.05, 3.63) is 11.6 Å². The molecule has 4 fully saturated rings. The highest BCUT2D eigenvalue weighted by Gasteiger charge is 2.66. The molecule has 2 N–H and O–H groups in total. The third-order valence-electron chi connectivity index (χ3n) is 12.3. The normalized spacial score (nSPS) is 53.1. The first kappa shape index (κ1) is 23.6. The Hall–Kier alpha value is -1.16. The number of hydrogen-bond acceptors (Lipinski definition) is 3. The van der Waals surface area contributed by atoms with Crippen LogP contribution in [0.1, 0.15) is 99.3 Å². The largest absolute Gasteiger partial charge is 0.481 e. The number of allylic oxidation sites excluding steroid dienone is 2. The fourth-order valence-corrected chi connectivity index (χ4v) is 9.84. The lowest BCUT2D eigenvalue weighted by atomic mass is 9.38. The van der Waals surface area contributed by atoms with Crippen LogP contribution in [-0.2, 0) is 9.59 Å². The highest BCUT2D eigenvalue weighted by Crippen LogP contribution is 2.70. The van der Waals surface area contributed by atoms with Crippen molar-refractivity contribution in [3.8, 4) is 0 Å². The summed E-state index contributed by atoms with van der Waals surface area (Å²) in [6, 6.07) is 0. The smallest absolute Gasteiger partial charge is 0.309 e. The molecule has 33 heavy (non-hydrogen) atoms. The Morgan fingerprint density at radius 2 is 1.61 bits per heavy atom. The van der Waals surface area contributed by atoms with Crippen LogP contribution in [0.2, 0.25) is 0 Å². The van der Waals surface area contributed by atoms with Crippen molar-refractivity contribution >= 4 is 11.8 Å². The van der Waals surface area contributed by atoms with Gasteiger partial charge in [-0.3, -0.25) is 9.59 Å². The summed E-state index contributed by atoms with van der Waals surface area (Å²) in [7, 11) is 0. The van der Waals surface area contributed by atoms with E-state index in [0.717, 1.165) is 51.4 Å². The average molecular weight is 457 g/mol. The van der Waals surface area contributed by atoms with E-state index in [0.29, 0.717) is 24.0 Å². The number of fused-ring (bicyclic) bond motifs is 7. The lowest BCUT2D eigenvalue weighted by Gasteiger charge is -2.66. The standard InChI is InChI=1S/C29H44O4/c1-25(2)21-8-7-17-23(29(21,6)10-9-22(25)31)20(30)15-18-19-16-27(4,24(32)33)12-11-26(19,3)13-14-28(17,18)5/h15,17,19,21-23,31H,7-14,16H2,1-6H3,(H,32,33)/t17-,19+,21+,22+,23-,26-,27+,28+,29+/m1/s1. The third kappa shape index (κ3) is 2.98. The number of hydrogen-bond donors (Lipinski definition) is 2. The number of carboxylic acid groups (broad SMARTS) is 1. The summed E-state index contributed by atoms with van der Waals surface area (Å²) in [6.07, 6.45) is 10.1. The van der Waals surface area contributed by atoms with Gasteiger partial charge in [-0.2, -0.15) is 0 Å². The van der Waals surface area contributed by atoms with Gasteiger partial charge in [0.1, 0.15) is 0 Å². The summed E-state index contributed by atoms with van der Waals surface area (Å²) in [6.45, 7) is 13.4. The van der Waals surface area contributed by atoms with Crippen molar-refractivity contribution in [1.29, 1.82) is 0 Å². The van der Waals surface area contributed by atoms with Crippen molar-refractivity contribution in [2.75, 3.05) is 0 Å². The highest BCUT2D eigenvalue weighted by atomic mass is 16.4. The van der Waals surface area contributed by atoms with E-state index in [9.17, 15) is 19.8 Å². The molecular formula is C29H44O4. The van der Waals surface area contributed by atoms with E-state index in [-0.39, 0.29) is 39.6 Å². The maximum atomic E-state index is 14.0. The molecule has 0 bridgehead atoms. The SMILES string of the molecule is CC1(C)[C@@H](O)CC[C@]2(C)[C@H]3C(=O)C=C4[C@@H]5C[C@@](C)(C(=O)O)CC[C@]5(C)CC[C@@]4(C)[C@@H]3CC[C@@H]12. The van der Waals surface area contributed by atoms with Crippen LogP contribution >= 0.6 is 0 Å². The fourth-order valence-electron chi connectivity index (χ4n) is 9.84. The van der Waals surface area contributed by atoms with Gasteiger partial charge in [-0.25, -0.2) is 0 Å².